The lowest BCUT2D eigenvalue weighted by Crippen LogP contribution is -2.27. The Bertz CT molecular complexity index is 1250. The number of nitrogens with one attached hydrogen (secondary N) is 1. The molecule has 1 amide bonds. The molecule has 2 aromatic carbocycles. The van der Waals surface area contributed by atoms with E-state index in [1.165, 1.54) is 11.8 Å². The summed E-state index contributed by atoms with van der Waals surface area (Å²) in [6, 6.07) is 13.5. The van der Waals surface area contributed by atoms with E-state index in [4.69, 9.17) is 9.47 Å². The van der Waals surface area contributed by atoms with Gasteiger partial charge in [0.25, 0.3) is 0 Å². The maximum atomic E-state index is 12.3. The van der Waals surface area contributed by atoms with Gasteiger partial charge in [0.05, 0.1) is 25.5 Å². The van der Waals surface area contributed by atoms with Gasteiger partial charge in [-0.1, -0.05) is 35.2 Å². The quantitative estimate of drug-likeness (QED) is 0.353. The number of para-hydroxylation sites is 1. The third-order valence-corrected chi connectivity index (χ3v) is 6.17. The van der Waals surface area contributed by atoms with E-state index >= 15 is 0 Å². The highest BCUT2D eigenvalue weighted by atomic mass is 32.2. The lowest BCUT2D eigenvalue weighted by molar-refractivity contribution is -0.118. The number of carbonyl (C=O) groups excluding carboxylic acids is 1. The molecule has 4 rings (SSSR count). The summed E-state index contributed by atoms with van der Waals surface area (Å²) >= 11 is 1.34. The van der Waals surface area contributed by atoms with E-state index in [1.54, 1.807) is 18.9 Å². The molecule has 4 aromatic rings. The van der Waals surface area contributed by atoms with Gasteiger partial charge in [-0.25, -0.2) is 4.68 Å². The van der Waals surface area contributed by atoms with Gasteiger partial charge < -0.3 is 19.4 Å². The summed E-state index contributed by atoms with van der Waals surface area (Å²) in [5.74, 6) is 2.29. The molecule has 0 aliphatic carbocycles. The molecule has 0 unspecified atom stereocenters. The van der Waals surface area contributed by atoms with Gasteiger partial charge in [0.2, 0.25) is 5.91 Å². The number of hydrogen-bond donors (Lipinski definition) is 1. The summed E-state index contributed by atoms with van der Waals surface area (Å²) in [4.78, 5) is 12.3. The molecule has 0 saturated heterocycles. The Labute approximate surface area is 195 Å². The van der Waals surface area contributed by atoms with Gasteiger partial charge in [-0.05, 0) is 36.2 Å². The first kappa shape index (κ1) is 22.6. The van der Waals surface area contributed by atoms with Crippen molar-refractivity contribution in [3.63, 3.8) is 0 Å². The SMILES string of the molecule is COc1ccc(CCNC(=O)CSc2nnc(Cn3nnc4ccccc43)n2C)cc1OC. The zero-order chi connectivity index (χ0) is 23.2. The zero-order valence-electron chi connectivity index (χ0n) is 18.7. The van der Waals surface area contributed by atoms with Crippen molar-refractivity contribution in [3.05, 3.63) is 53.9 Å². The highest BCUT2D eigenvalue weighted by Gasteiger charge is 2.14. The van der Waals surface area contributed by atoms with Crippen molar-refractivity contribution in [3.8, 4) is 11.5 Å². The molecule has 0 aliphatic heterocycles. The zero-order valence-corrected chi connectivity index (χ0v) is 19.5. The molecule has 1 N–H and O–H groups in total. The second-order valence-electron chi connectivity index (χ2n) is 7.27. The first-order valence-corrected chi connectivity index (χ1v) is 11.3. The molecule has 0 saturated carbocycles. The molecular weight excluding hydrogens is 442 g/mol. The van der Waals surface area contributed by atoms with E-state index in [-0.39, 0.29) is 11.7 Å². The van der Waals surface area contributed by atoms with Crippen molar-refractivity contribution in [2.45, 2.75) is 18.1 Å². The lowest BCUT2D eigenvalue weighted by atomic mass is 10.1. The molecule has 0 atom stereocenters. The maximum absolute atomic E-state index is 12.3. The minimum atomic E-state index is -0.0627. The third-order valence-electron chi connectivity index (χ3n) is 5.15. The molecular formula is C22H25N7O3S. The van der Waals surface area contributed by atoms with Crippen LogP contribution in [0.4, 0.5) is 0 Å². The topological polar surface area (TPSA) is 109 Å². The van der Waals surface area contributed by atoms with Crippen LogP contribution in [0.2, 0.25) is 0 Å². The van der Waals surface area contributed by atoms with Crippen LogP contribution < -0.4 is 14.8 Å². The van der Waals surface area contributed by atoms with Crippen molar-refractivity contribution < 1.29 is 14.3 Å². The van der Waals surface area contributed by atoms with Crippen LogP contribution in [0.1, 0.15) is 11.4 Å². The number of aromatic nitrogens is 6. The van der Waals surface area contributed by atoms with E-state index in [9.17, 15) is 4.79 Å². The number of ether oxygens (including phenoxy) is 2. The lowest BCUT2D eigenvalue weighted by Gasteiger charge is -2.10. The largest absolute Gasteiger partial charge is 0.493 e. The Morgan fingerprint density at radius 2 is 1.88 bits per heavy atom. The average molecular weight is 468 g/mol. The molecule has 0 bridgehead atoms. The van der Waals surface area contributed by atoms with Gasteiger partial charge in [0, 0.05) is 13.6 Å². The number of fused-ring (bicyclic) bond motifs is 1. The van der Waals surface area contributed by atoms with Crippen LogP contribution in [-0.2, 0) is 24.8 Å². The number of thioether (sulfide) groups is 1. The fraction of sp³-hybridized carbons (Fsp3) is 0.318. The first-order valence-electron chi connectivity index (χ1n) is 10.4. The van der Waals surface area contributed by atoms with E-state index in [2.05, 4.69) is 25.8 Å². The van der Waals surface area contributed by atoms with E-state index in [1.807, 2.05) is 54.1 Å². The molecule has 11 heteroatoms. The van der Waals surface area contributed by atoms with Crippen LogP contribution >= 0.6 is 11.8 Å². The van der Waals surface area contributed by atoms with Gasteiger partial charge in [-0.15, -0.1) is 15.3 Å². The minimum Gasteiger partial charge on any atom is -0.493 e. The molecule has 0 fully saturated rings. The second-order valence-corrected chi connectivity index (χ2v) is 8.21. The first-order chi connectivity index (χ1) is 16.1. The Morgan fingerprint density at radius 3 is 2.70 bits per heavy atom. The van der Waals surface area contributed by atoms with Crippen molar-refractivity contribution in [1.82, 2.24) is 35.1 Å². The molecule has 2 heterocycles. The molecule has 10 nitrogen and oxygen atoms in total. The van der Waals surface area contributed by atoms with Crippen LogP contribution in [0, 0.1) is 0 Å². The number of carbonyl (C=O) groups is 1. The maximum Gasteiger partial charge on any atom is 0.230 e. The third kappa shape index (κ3) is 5.25. The van der Waals surface area contributed by atoms with Crippen molar-refractivity contribution in [2.24, 2.45) is 7.05 Å². The Morgan fingerprint density at radius 1 is 1.06 bits per heavy atom. The van der Waals surface area contributed by atoms with Crippen LogP contribution in [0.5, 0.6) is 11.5 Å². The number of amides is 1. The fourth-order valence-electron chi connectivity index (χ4n) is 3.34. The number of benzene rings is 2. The van der Waals surface area contributed by atoms with Crippen molar-refractivity contribution >= 4 is 28.7 Å². The average Bonchev–Trinajstić information content (AvgIpc) is 3.41. The monoisotopic (exact) mass is 467 g/mol. The molecule has 0 radical (unpaired) electrons. The van der Waals surface area contributed by atoms with E-state index in [0.29, 0.717) is 36.2 Å². The van der Waals surface area contributed by atoms with Crippen LogP contribution in [0.3, 0.4) is 0 Å². The van der Waals surface area contributed by atoms with Gasteiger partial charge in [-0.2, -0.15) is 0 Å². The summed E-state index contributed by atoms with van der Waals surface area (Å²) in [6.07, 6.45) is 0.691. The number of rotatable bonds is 10. The smallest absolute Gasteiger partial charge is 0.230 e. The highest BCUT2D eigenvalue weighted by Crippen LogP contribution is 2.27. The summed E-state index contributed by atoms with van der Waals surface area (Å²) in [7, 11) is 5.09. The van der Waals surface area contributed by atoms with Crippen LogP contribution in [-0.4, -0.2) is 62.2 Å². The minimum absolute atomic E-state index is 0.0627. The molecule has 172 valence electrons. The molecule has 33 heavy (non-hydrogen) atoms. The van der Waals surface area contributed by atoms with Crippen LogP contribution in [0.15, 0.2) is 47.6 Å². The van der Waals surface area contributed by atoms with Crippen molar-refractivity contribution in [1.29, 1.82) is 0 Å². The number of nitrogens with zero attached hydrogens (tertiary/aromatic N) is 6. The van der Waals surface area contributed by atoms with E-state index in [0.717, 1.165) is 22.4 Å². The van der Waals surface area contributed by atoms with Gasteiger partial charge >= 0.3 is 0 Å². The summed E-state index contributed by atoms with van der Waals surface area (Å²) in [5, 5.41) is 20.4. The molecule has 0 aliphatic rings. The number of methoxy groups -OCH3 is 2. The van der Waals surface area contributed by atoms with Crippen molar-refractivity contribution in [2.75, 3.05) is 26.5 Å². The predicted molar refractivity (Wildman–Crippen MR) is 125 cm³/mol. The summed E-state index contributed by atoms with van der Waals surface area (Å²) < 4.78 is 14.2. The fourth-order valence-corrected chi connectivity index (χ4v) is 4.10. The second kappa shape index (κ2) is 10.3. The predicted octanol–water partition coefficient (Wildman–Crippen LogP) is 2.08. The van der Waals surface area contributed by atoms with Crippen LogP contribution in [0.25, 0.3) is 11.0 Å². The Balaban J connectivity index is 1.27. The van der Waals surface area contributed by atoms with Gasteiger partial charge in [0.1, 0.15) is 12.1 Å². The summed E-state index contributed by atoms with van der Waals surface area (Å²) in [6.45, 7) is 0.973. The standard InChI is InChI=1S/C22H25N7O3S/c1-28-20(13-29-17-7-5-4-6-16(17)24-27-29)25-26-22(28)33-14-21(30)23-11-10-15-8-9-18(31-2)19(12-15)32-3/h4-9,12H,10-11,13-14H2,1-3H3,(H,23,30). The molecule has 2 aromatic heterocycles. The molecule has 0 spiro atoms. The summed E-state index contributed by atoms with van der Waals surface area (Å²) in [5.41, 5.74) is 2.82. The Hall–Kier alpha value is -3.60. The van der Waals surface area contributed by atoms with Gasteiger partial charge in [0.15, 0.2) is 22.5 Å². The van der Waals surface area contributed by atoms with Gasteiger partial charge in [-0.3, -0.25) is 4.79 Å². The normalized spacial score (nSPS) is 11.0. The highest BCUT2D eigenvalue weighted by molar-refractivity contribution is 7.99. The number of hydrogen-bond acceptors (Lipinski definition) is 8. The van der Waals surface area contributed by atoms with E-state index < -0.39 is 0 Å². The Kier molecular flexibility index (Phi) is 7.08.